The molecule has 0 aromatic heterocycles. The summed E-state index contributed by atoms with van der Waals surface area (Å²) in [4.78, 5) is 0. The molecular formula is C17H18Br2. The SMILES string of the molecule is CCc1ccc(CC(CBr)c2ccc(Br)cc2)cc1. The first kappa shape index (κ1) is 14.8. The van der Waals surface area contributed by atoms with Gasteiger partial charge in [0.25, 0.3) is 0 Å². The predicted molar refractivity (Wildman–Crippen MR) is 90.2 cm³/mol. The van der Waals surface area contributed by atoms with Gasteiger partial charge >= 0.3 is 0 Å². The van der Waals surface area contributed by atoms with Crippen LogP contribution in [0, 0.1) is 0 Å². The summed E-state index contributed by atoms with van der Waals surface area (Å²) in [6.07, 6.45) is 2.19. The molecular weight excluding hydrogens is 364 g/mol. The Balaban J connectivity index is 2.11. The molecule has 0 heterocycles. The number of alkyl halides is 1. The quantitative estimate of drug-likeness (QED) is 0.580. The van der Waals surface area contributed by atoms with Gasteiger partial charge in [0.15, 0.2) is 0 Å². The minimum Gasteiger partial charge on any atom is -0.0921 e. The van der Waals surface area contributed by atoms with Crippen molar-refractivity contribution in [1.82, 2.24) is 0 Å². The summed E-state index contributed by atoms with van der Waals surface area (Å²) in [6, 6.07) is 17.6. The number of aryl methyl sites for hydroxylation is 1. The lowest BCUT2D eigenvalue weighted by Crippen LogP contribution is -2.04. The lowest BCUT2D eigenvalue weighted by atomic mass is 9.93. The van der Waals surface area contributed by atoms with Gasteiger partial charge in [-0.1, -0.05) is 75.2 Å². The van der Waals surface area contributed by atoms with Gasteiger partial charge in [0, 0.05) is 9.80 Å². The van der Waals surface area contributed by atoms with E-state index in [9.17, 15) is 0 Å². The molecule has 100 valence electrons. The third kappa shape index (κ3) is 4.19. The second-order valence-electron chi connectivity index (χ2n) is 4.78. The Kier molecular flexibility index (Phi) is 5.65. The fourth-order valence-corrected chi connectivity index (χ4v) is 3.06. The largest absolute Gasteiger partial charge is 0.0921 e. The van der Waals surface area contributed by atoms with Crippen molar-refractivity contribution >= 4 is 31.9 Å². The van der Waals surface area contributed by atoms with Crippen LogP contribution in [0.4, 0.5) is 0 Å². The van der Waals surface area contributed by atoms with Crippen molar-refractivity contribution in [2.24, 2.45) is 0 Å². The molecule has 0 bridgehead atoms. The molecule has 2 aromatic carbocycles. The lowest BCUT2D eigenvalue weighted by molar-refractivity contribution is 0.775. The van der Waals surface area contributed by atoms with E-state index < -0.39 is 0 Å². The standard InChI is InChI=1S/C17H18Br2/c1-2-13-3-5-14(6-4-13)11-16(12-18)15-7-9-17(19)10-8-15/h3-10,16H,2,11-12H2,1H3. The number of benzene rings is 2. The third-order valence-electron chi connectivity index (χ3n) is 3.44. The average Bonchev–Trinajstić information content (AvgIpc) is 2.46. The van der Waals surface area contributed by atoms with E-state index in [-0.39, 0.29) is 0 Å². The Morgan fingerprint density at radius 1 is 0.895 bits per heavy atom. The van der Waals surface area contributed by atoms with E-state index in [1.54, 1.807) is 0 Å². The van der Waals surface area contributed by atoms with E-state index in [1.807, 2.05) is 0 Å². The predicted octanol–water partition coefficient (Wildman–Crippen LogP) is 5.73. The molecule has 0 nitrogen and oxygen atoms in total. The number of hydrogen-bond donors (Lipinski definition) is 0. The van der Waals surface area contributed by atoms with E-state index in [1.165, 1.54) is 16.7 Å². The first-order chi connectivity index (χ1) is 9.22. The molecule has 2 aromatic rings. The van der Waals surface area contributed by atoms with Gasteiger partial charge in [-0.15, -0.1) is 0 Å². The van der Waals surface area contributed by atoms with Crippen LogP contribution in [0.25, 0.3) is 0 Å². The maximum absolute atomic E-state index is 3.64. The summed E-state index contributed by atoms with van der Waals surface area (Å²) in [6.45, 7) is 2.19. The summed E-state index contributed by atoms with van der Waals surface area (Å²) >= 11 is 7.13. The number of hydrogen-bond acceptors (Lipinski definition) is 0. The van der Waals surface area contributed by atoms with E-state index in [0.29, 0.717) is 5.92 Å². The maximum atomic E-state index is 3.64. The molecule has 1 unspecified atom stereocenters. The highest BCUT2D eigenvalue weighted by atomic mass is 79.9. The van der Waals surface area contributed by atoms with Crippen LogP contribution in [0.1, 0.15) is 29.5 Å². The molecule has 1 atom stereocenters. The Morgan fingerprint density at radius 2 is 1.47 bits per heavy atom. The molecule has 0 aliphatic carbocycles. The van der Waals surface area contributed by atoms with Crippen LogP contribution in [0.3, 0.4) is 0 Å². The minimum atomic E-state index is 0.528. The zero-order chi connectivity index (χ0) is 13.7. The summed E-state index contributed by atoms with van der Waals surface area (Å²) in [5, 5.41) is 0.990. The molecule has 0 amide bonds. The minimum absolute atomic E-state index is 0.528. The van der Waals surface area contributed by atoms with Crippen molar-refractivity contribution in [2.45, 2.75) is 25.7 Å². The van der Waals surface area contributed by atoms with E-state index in [0.717, 1.165) is 22.6 Å². The van der Waals surface area contributed by atoms with Gasteiger partial charge in [-0.3, -0.25) is 0 Å². The molecule has 2 heteroatoms. The van der Waals surface area contributed by atoms with Crippen LogP contribution in [0.2, 0.25) is 0 Å². The molecule has 0 saturated carbocycles. The summed E-state index contributed by atoms with van der Waals surface area (Å²) in [7, 11) is 0. The number of halogens is 2. The Hall–Kier alpha value is -0.600. The van der Waals surface area contributed by atoms with Crippen LogP contribution in [-0.2, 0) is 12.8 Å². The molecule has 0 radical (unpaired) electrons. The van der Waals surface area contributed by atoms with Gasteiger partial charge in [0.2, 0.25) is 0 Å². The first-order valence-corrected chi connectivity index (χ1v) is 8.53. The Morgan fingerprint density at radius 3 is 2.00 bits per heavy atom. The zero-order valence-corrected chi connectivity index (χ0v) is 14.2. The highest BCUT2D eigenvalue weighted by molar-refractivity contribution is 9.10. The molecule has 2 rings (SSSR count). The number of rotatable bonds is 5. The normalized spacial score (nSPS) is 12.4. The van der Waals surface area contributed by atoms with Crippen molar-refractivity contribution in [1.29, 1.82) is 0 Å². The fourth-order valence-electron chi connectivity index (χ4n) is 2.19. The van der Waals surface area contributed by atoms with Crippen molar-refractivity contribution in [3.05, 3.63) is 69.7 Å². The molecule has 0 saturated heterocycles. The van der Waals surface area contributed by atoms with E-state index in [2.05, 4.69) is 87.3 Å². The lowest BCUT2D eigenvalue weighted by Gasteiger charge is -2.15. The van der Waals surface area contributed by atoms with Crippen LogP contribution >= 0.6 is 31.9 Å². The summed E-state index contributed by atoms with van der Waals surface area (Å²) < 4.78 is 1.14. The molecule has 0 fully saturated rings. The molecule has 0 aliphatic rings. The third-order valence-corrected chi connectivity index (χ3v) is 4.75. The van der Waals surface area contributed by atoms with Gasteiger partial charge in [0.1, 0.15) is 0 Å². The van der Waals surface area contributed by atoms with Crippen LogP contribution in [0.15, 0.2) is 53.0 Å². The van der Waals surface area contributed by atoms with Gasteiger partial charge in [-0.2, -0.15) is 0 Å². The monoisotopic (exact) mass is 380 g/mol. The summed E-state index contributed by atoms with van der Waals surface area (Å²) in [5.74, 6) is 0.528. The first-order valence-electron chi connectivity index (χ1n) is 6.62. The second kappa shape index (κ2) is 7.25. The van der Waals surface area contributed by atoms with Crippen molar-refractivity contribution in [3.63, 3.8) is 0 Å². The Bertz CT molecular complexity index is 500. The maximum Gasteiger partial charge on any atom is 0.0175 e. The van der Waals surface area contributed by atoms with Gasteiger partial charge in [-0.25, -0.2) is 0 Å². The van der Waals surface area contributed by atoms with Gasteiger partial charge in [0.05, 0.1) is 0 Å². The molecule has 19 heavy (non-hydrogen) atoms. The van der Waals surface area contributed by atoms with Crippen LogP contribution in [0.5, 0.6) is 0 Å². The molecule has 0 spiro atoms. The van der Waals surface area contributed by atoms with Crippen molar-refractivity contribution in [3.8, 4) is 0 Å². The van der Waals surface area contributed by atoms with E-state index >= 15 is 0 Å². The van der Waals surface area contributed by atoms with Gasteiger partial charge < -0.3 is 0 Å². The average molecular weight is 382 g/mol. The summed E-state index contributed by atoms with van der Waals surface area (Å²) in [5.41, 5.74) is 4.20. The van der Waals surface area contributed by atoms with Crippen LogP contribution in [-0.4, -0.2) is 5.33 Å². The second-order valence-corrected chi connectivity index (χ2v) is 6.34. The highest BCUT2D eigenvalue weighted by Crippen LogP contribution is 2.24. The molecule has 0 aliphatic heterocycles. The van der Waals surface area contributed by atoms with Crippen molar-refractivity contribution in [2.75, 3.05) is 5.33 Å². The van der Waals surface area contributed by atoms with Gasteiger partial charge in [-0.05, 0) is 47.6 Å². The highest BCUT2D eigenvalue weighted by Gasteiger charge is 2.11. The fraction of sp³-hybridized carbons (Fsp3) is 0.294. The van der Waals surface area contributed by atoms with Crippen molar-refractivity contribution < 1.29 is 0 Å². The Labute approximate surface area is 132 Å². The molecule has 0 N–H and O–H groups in total. The smallest absolute Gasteiger partial charge is 0.0175 e. The topological polar surface area (TPSA) is 0 Å². The zero-order valence-electron chi connectivity index (χ0n) is 11.1. The van der Waals surface area contributed by atoms with E-state index in [4.69, 9.17) is 0 Å². The van der Waals surface area contributed by atoms with Crippen LogP contribution < -0.4 is 0 Å².